The third-order valence-electron chi connectivity index (χ3n) is 6.85. The topological polar surface area (TPSA) is 108 Å². The van der Waals surface area contributed by atoms with E-state index in [0.717, 1.165) is 22.8 Å². The quantitative estimate of drug-likeness (QED) is 0.461. The van der Waals surface area contributed by atoms with E-state index in [9.17, 15) is 18.8 Å². The summed E-state index contributed by atoms with van der Waals surface area (Å²) in [4.78, 5) is 14.8. The van der Waals surface area contributed by atoms with Crippen molar-refractivity contribution in [2.45, 2.75) is 19.5 Å². The van der Waals surface area contributed by atoms with Gasteiger partial charge < -0.3 is 15.5 Å². The first-order chi connectivity index (χ1) is 17.8. The Balaban J connectivity index is 1.36. The van der Waals surface area contributed by atoms with E-state index in [1.807, 2.05) is 35.9 Å². The molecule has 0 unspecified atom stereocenters. The molecule has 6 rings (SSSR count). The number of primary amides is 1. The van der Waals surface area contributed by atoms with Gasteiger partial charge in [0.05, 0.1) is 48.8 Å². The number of benzene rings is 1. The average molecular weight is 501 g/mol. The van der Waals surface area contributed by atoms with Crippen LogP contribution >= 0.6 is 0 Å². The van der Waals surface area contributed by atoms with Crippen LogP contribution in [-0.2, 0) is 11.3 Å². The minimum absolute atomic E-state index is 0.0193. The van der Waals surface area contributed by atoms with Gasteiger partial charge in [-0.25, -0.2) is 13.3 Å². The number of nitrogens with zero attached hydrogens (tertiary/aromatic N) is 7. The summed E-state index contributed by atoms with van der Waals surface area (Å²) in [6, 6.07) is 11.1. The van der Waals surface area contributed by atoms with Gasteiger partial charge in [-0.1, -0.05) is 12.1 Å². The first kappa shape index (κ1) is 22.7. The third-order valence-corrected chi connectivity index (χ3v) is 6.85. The molecule has 0 radical (unpaired) electrons. The zero-order valence-electron chi connectivity index (χ0n) is 19.9. The summed E-state index contributed by atoms with van der Waals surface area (Å²) < 4.78 is 32.9. The van der Waals surface area contributed by atoms with E-state index in [-0.39, 0.29) is 36.2 Å². The highest BCUT2D eigenvalue weighted by Gasteiger charge is 2.28. The fourth-order valence-corrected chi connectivity index (χ4v) is 5.21. The van der Waals surface area contributed by atoms with Crippen molar-refractivity contribution in [2.75, 3.05) is 24.5 Å². The Morgan fingerprint density at radius 2 is 2.08 bits per heavy atom. The van der Waals surface area contributed by atoms with Crippen LogP contribution in [0, 0.1) is 17.1 Å². The molecule has 2 aliphatic heterocycles. The molecule has 4 aromatic rings. The molecule has 0 saturated heterocycles. The van der Waals surface area contributed by atoms with Gasteiger partial charge in [-0.05, 0) is 36.8 Å². The number of carbonyl (C=O) groups excluding carboxylic acids is 1. The van der Waals surface area contributed by atoms with E-state index < -0.39 is 11.7 Å². The lowest BCUT2D eigenvalue weighted by atomic mass is 10.0. The largest absolute Gasteiger partial charge is 0.368 e. The lowest BCUT2D eigenvalue weighted by molar-refractivity contribution is -0.118. The zero-order chi connectivity index (χ0) is 25.8. The fourth-order valence-electron chi connectivity index (χ4n) is 5.21. The van der Waals surface area contributed by atoms with Crippen LogP contribution in [0.1, 0.15) is 29.9 Å². The smallest absolute Gasteiger partial charge is 0.236 e. The van der Waals surface area contributed by atoms with Gasteiger partial charge in [0, 0.05) is 23.7 Å². The average Bonchev–Trinajstić information content (AvgIpc) is 3.44. The molecular formula is C26H22F2N8O. The third kappa shape index (κ3) is 3.69. The number of rotatable bonds is 4. The maximum absolute atomic E-state index is 14.9. The normalized spacial score (nSPS) is 17.5. The highest BCUT2D eigenvalue weighted by atomic mass is 19.1. The molecule has 186 valence electrons. The Hall–Kier alpha value is -4.72. The predicted molar refractivity (Wildman–Crippen MR) is 133 cm³/mol. The number of aromatic nitrogens is 4. The van der Waals surface area contributed by atoms with Crippen molar-refractivity contribution in [3.05, 3.63) is 77.4 Å². The molecule has 0 saturated carbocycles. The summed E-state index contributed by atoms with van der Waals surface area (Å²) in [7, 11) is 0. The van der Waals surface area contributed by atoms with Gasteiger partial charge in [0.2, 0.25) is 5.91 Å². The summed E-state index contributed by atoms with van der Waals surface area (Å²) in [5.74, 6) is -1.36. The lowest BCUT2D eigenvalue weighted by Crippen LogP contribution is -2.36. The number of fused-ring (bicyclic) bond motifs is 4. The second-order valence-corrected chi connectivity index (χ2v) is 9.33. The summed E-state index contributed by atoms with van der Waals surface area (Å²) in [5.41, 5.74) is 9.22. The van der Waals surface area contributed by atoms with E-state index in [0.29, 0.717) is 29.9 Å². The van der Waals surface area contributed by atoms with Crippen molar-refractivity contribution in [3.63, 3.8) is 0 Å². The predicted octanol–water partition coefficient (Wildman–Crippen LogP) is 3.27. The molecule has 0 bridgehead atoms. The summed E-state index contributed by atoms with van der Waals surface area (Å²) >= 11 is 0. The number of hydrogen-bond donors (Lipinski definition) is 1. The first-order valence-corrected chi connectivity index (χ1v) is 11.8. The number of carbonyl (C=O) groups is 1. The number of anilines is 1. The molecule has 37 heavy (non-hydrogen) atoms. The summed E-state index contributed by atoms with van der Waals surface area (Å²) in [5, 5.41) is 19.1. The van der Waals surface area contributed by atoms with Gasteiger partial charge >= 0.3 is 0 Å². The van der Waals surface area contributed by atoms with Crippen LogP contribution in [-0.4, -0.2) is 49.8 Å². The lowest BCUT2D eigenvalue weighted by Gasteiger charge is -2.34. The van der Waals surface area contributed by atoms with Gasteiger partial charge in [-0.3, -0.25) is 9.48 Å². The van der Waals surface area contributed by atoms with Crippen molar-refractivity contribution in [2.24, 2.45) is 5.73 Å². The number of pyridine rings is 1. The maximum atomic E-state index is 14.9. The molecule has 2 aliphatic rings. The van der Waals surface area contributed by atoms with E-state index in [1.165, 1.54) is 9.42 Å². The highest BCUT2D eigenvalue weighted by molar-refractivity contribution is 5.89. The van der Waals surface area contributed by atoms with Crippen LogP contribution in [0.3, 0.4) is 0 Å². The van der Waals surface area contributed by atoms with Gasteiger partial charge in [-0.2, -0.15) is 15.5 Å². The molecule has 0 spiro atoms. The van der Waals surface area contributed by atoms with Gasteiger partial charge in [-0.15, -0.1) is 0 Å². The summed E-state index contributed by atoms with van der Waals surface area (Å²) in [6.07, 6.45) is 4.42. The van der Waals surface area contributed by atoms with Crippen molar-refractivity contribution in [1.82, 2.24) is 24.3 Å². The van der Waals surface area contributed by atoms with E-state index >= 15 is 0 Å². The SMILES string of the molecule is C[C@@H]1CN(c2ccc(C#N)n3ncc(F)c23)Cc2c3ccc(C4=C(F)CN(CC(N)=O)C=C4)cc3nn21. The molecule has 2 N–H and O–H groups in total. The number of nitrogens with two attached hydrogens (primary N) is 1. The van der Waals surface area contributed by atoms with Crippen LogP contribution in [0.5, 0.6) is 0 Å². The van der Waals surface area contributed by atoms with E-state index in [4.69, 9.17) is 10.8 Å². The van der Waals surface area contributed by atoms with E-state index in [1.54, 1.807) is 24.4 Å². The Bertz CT molecular complexity index is 1690. The second kappa shape index (κ2) is 8.44. The number of amides is 1. The molecule has 11 heteroatoms. The Morgan fingerprint density at radius 3 is 2.84 bits per heavy atom. The van der Waals surface area contributed by atoms with Crippen LogP contribution < -0.4 is 10.6 Å². The van der Waals surface area contributed by atoms with Gasteiger partial charge in [0.1, 0.15) is 23.1 Å². The zero-order valence-corrected chi connectivity index (χ0v) is 19.9. The fraction of sp³-hybridized carbons (Fsp3) is 0.231. The van der Waals surface area contributed by atoms with Crippen LogP contribution in [0.4, 0.5) is 14.5 Å². The highest BCUT2D eigenvalue weighted by Crippen LogP contribution is 2.35. The van der Waals surface area contributed by atoms with Crippen LogP contribution in [0.25, 0.3) is 22.0 Å². The summed E-state index contributed by atoms with van der Waals surface area (Å²) in [6.45, 7) is 3.02. The van der Waals surface area contributed by atoms with Crippen LogP contribution in [0.15, 0.2) is 54.6 Å². The van der Waals surface area contributed by atoms with E-state index in [2.05, 4.69) is 10.00 Å². The molecule has 9 nitrogen and oxygen atoms in total. The molecule has 1 amide bonds. The monoisotopic (exact) mass is 500 g/mol. The standard InChI is InChI=1S/C26H22F2N8O/c1-15-11-34(23-5-3-17(9-29)36-26(23)20(27)10-31-36)13-24-19-4-2-16(8-22(19)32-35(15)24)18-6-7-33(12-21(18)28)14-25(30)37/h2-8,10,15H,11-14H2,1H3,(H2,30,37)/t15-/m1/s1. The van der Waals surface area contributed by atoms with Gasteiger partial charge in [0.25, 0.3) is 0 Å². The number of nitriles is 1. The number of halogens is 2. The molecule has 1 aromatic carbocycles. The number of hydrogen-bond acceptors (Lipinski definition) is 6. The Kier molecular flexibility index (Phi) is 5.19. The molecular weight excluding hydrogens is 478 g/mol. The van der Waals surface area contributed by atoms with Gasteiger partial charge in [0.15, 0.2) is 5.82 Å². The maximum Gasteiger partial charge on any atom is 0.236 e. The molecule has 5 heterocycles. The minimum atomic E-state index is -0.521. The van der Waals surface area contributed by atoms with Crippen molar-refractivity contribution in [1.29, 1.82) is 5.26 Å². The van der Waals surface area contributed by atoms with Crippen molar-refractivity contribution in [3.8, 4) is 6.07 Å². The molecule has 1 atom stereocenters. The van der Waals surface area contributed by atoms with Crippen molar-refractivity contribution >= 4 is 33.6 Å². The second-order valence-electron chi connectivity index (χ2n) is 9.33. The Labute approximate surface area is 210 Å². The van der Waals surface area contributed by atoms with Crippen molar-refractivity contribution < 1.29 is 13.6 Å². The minimum Gasteiger partial charge on any atom is -0.368 e. The Morgan fingerprint density at radius 1 is 1.24 bits per heavy atom. The molecule has 3 aromatic heterocycles. The number of allylic oxidation sites excluding steroid dienone is 2. The molecule has 0 fully saturated rings. The van der Waals surface area contributed by atoms with Crippen LogP contribution in [0.2, 0.25) is 0 Å². The molecule has 0 aliphatic carbocycles. The first-order valence-electron chi connectivity index (χ1n) is 11.8.